The van der Waals surface area contributed by atoms with Gasteiger partial charge in [0, 0.05) is 35.9 Å². The summed E-state index contributed by atoms with van der Waals surface area (Å²) >= 11 is 0. The minimum atomic E-state index is -0.481. The van der Waals surface area contributed by atoms with Crippen LogP contribution in [-0.2, 0) is 9.59 Å². The molecular formula is C22H22N4O2. The van der Waals surface area contributed by atoms with E-state index in [1.807, 2.05) is 34.9 Å². The average molecular weight is 374 g/mol. The van der Waals surface area contributed by atoms with Crippen LogP contribution in [0.1, 0.15) is 50.1 Å². The van der Waals surface area contributed by atoms with Crippen molar-refractivity contribution in [1.29, 1.82) is 0 Å². The van der Waals surface area contributed by atoms with Crippen LogP contribution in [0.3, 0.4) is 0 Å². The zero-order chi connectivity index (χ0) is 19.1. The minimum absolute atomic E-state index is 0.0484. The van der Waals surface area contributed by atoms with Gasteiger partial charge in [0.25, 0.3) is 0 Å². The Morgan fingerprint density at radius 3 is 2.46 bits per heavy atom. The number of fused-ring (bicyclic) bond motifs is 1. The maximum Gasteiger partial charge on any atom is 0.239 e. The van der Waals surface area contributed by atoms with Gasteiger partial charge in [0.2, 0.25) is 17.8 Å². The maximum absolute atomic E-state index is 13.3. The fourth-order valence-electron chi connectivity index (χ4n) is 4.67. The largest absolute Gasteiger partial charge is 0.282 e. The number of amides is 2. The van der Waals surface area contributed by atoms with Crippen LogP contribution in [0.5, 0.6) is 0 Å². The lowest BCUT2D eigenvalue weighted by atomic mass is 9.94. The summed E-state index contributed by atoms with van der Waals surface area (Å²) in [6.07, 6.45) is 8.82. The molecule has 28 heavy (non-hydrogen) atoms. The van der Waals surface area contributed by atoms with Crippen LogP contribution in [0, 0.1) is 0 Å². The van der Waals surface area contributed by atoms with Gasteiger partial charge in [0.1, 0.15) is 0 Å². The second-order valence-electron chi connectivity index (χ2n) is 7.66. The van der Waals surface area contributed by atoms with Gasteiger partial charge in [-0.15, -0.1) is 0 Å². The summed E-state index contributed by atoms with van der Waals surface area (Å²) in [5.41, 5.74) is 1.74. The van der Waals surface area contributed by atoms with Crippen LogP contribution in [0.2, 0.25) is 0 Å². The Morgan fingerprint density at radius 1 is 0.929 bits per heavy atom. The van der Waals surface area contributed by atoms with E-state index < -0.39 is 5.92 Å². The number of nitrogens with zero attached hydrogens (tertiary/aromatic N) is 4. The summed E-state index contributed by atoms with van der Waals surface area (Å²) in [7, 11) is 0. The first-order valence-corrected chi connectivity index (χ1v) is 9.98. The van der Waals surface area contributed by atoms with Crippen molar-refractivity contribution in [3.8, 4) is 5.95 Å². The summed E-state index contributed by atoms with van der Waals surface area (Å²) in [5, 5.41) is 1.02. The SMILES string of the molecule is O=C1C[C@H](c2cc3ccccc3n2-c2ncccn2)C(=O)N1C1CCCCC1. The van der Waals surface area contributed by atoms with E-state index in [2.05, 4.69) is 9.97 Å². The highest BCUT2D eigenvalue weighted by Crippen LogP contribution is 2.37. The van der Waals surface area contributed by atoms with Gasteiger partial charge in [-0.2, -0.15) is 0 Å². The van der Waals surface area contributed by atoms with E-state index in [0.29, 0.717) is 5.95 Å². The van der Waals surface area contributed by atoms with Crippen molar-refractivity contribution in [3.63, 3.8) is 0 Å². The molecule has 2 aliphatic rings. The zero-order valence-corrected chi connectivity index (χ0v) is 15.6. The van der Waals surface area contributed by atoms with Crippen molar-refractivity contribution < 1.29 is 9.59 Å². The van der Waals surface area contributed by atoms with Gasteiger partial charge < -0.3 is 0 Å². The molecule has 142 valence electrons. The first-order chi connectivity index (χ1) is 13.7. The number of hydrogen-bond donors (Lipinski definition) is 0. The van der Waals surface area contributed by atoms with E-state index in [-0.39, 0.29) is 24.3 Å². The number of imide groups is 1. The van der Waals surface area contributed by atoms with Crippen molar-refractivity contribution in [3.05, 3.63) is 54.5 Å². The number of benzene rings is 1. The van der Waals surface area contributed by atoms with Crippen LogP contribution in [0.15, 0.2) is 48.8 Å². The highest BCUT2D eigenvalue weighted by Gasteiger charge is 2.44. The van der Waals surface area contributed by atoms with E-state index >= 15 is 0 Å². The molecule has 6 nitrogen and oxygen atoms in total. The summed E-state index contributed by atoms with van der Waals surface area (Å²) in [4.78, 5) is 36.5. The van der Waals surface area contributed by atoms with Crippen LogP contribution >= 0.6 is 0 Å². The van der Waals surface area contributed by atoms with Gasteiger partial charge in [-0.1, -0.05) is 37.5 Å². The van der Waals surface area contributed by atoms with Gasteiger partial charge in [0.15, 0.2) is 0 Å². The molecule has 0 unspecified atom stereocenters. The molecule has 3 aromatic rings. The molecule has 6 heteroatoms. The van der Waals surface area contributed by atoms with E-state index in [9.17, 15) is 9.59 Å². The highest BCUT2D eigenvalue weighted by atomic mass is 16.2. The Labute approximate surface area is 163 Å². The van der Waals surface area contributed by atoms with Gasteiger partial charge in [-0.25, -0.2) is 9.97 Å². The Morgan fingerprint density at radius 2 is 1.68 bits per heavy atom. The molecule has 2 amide bonds. The van der Waals surface area contributed by atoms with Crippen molar-refractivity contribution in [2.24, 2.45) is 0 Å². The van der Waals surface area contributed by atoms with Crippen LogP contribution in [0.4, 0.5) is 0 Å². The van der Waals surface area contributed by atoms with E-state index in [4.69, 9.17) is 0 Å². The number of rotatable bonds is 3. The molecule has 0 radical (unpaired) electrons. The Balaban J connectivity index is 1.60. The second kappa shape index (κ2) is 6.86. The number of likely N-dealkylation sites (tertiary alicyclic amines) is 1. The summed E-state index contributed by atoms with van der Waals surface area (Å²) in [5.74, 6) is -0.0785. The number of para-hydroxylation sites is 1. The number of hydrogen-bond acceptors (Lipinski definition) is 4. The Bertz CT molecular complexity index is 1040. The third-order valence-electron chi connectivity index (χ3n) is 5.97. The zero-order valence-electron chi connectivity index (χ0n) is 15.6. The summed E-state index contributed by atoms with van der Waals surface area (Å²) in [6.45, 7) is 0. The lowest BCUT2D eigenvalue weighted by Gasteiger charge is -2.29. The fourth-order valence-corrected chi connectivity index (χ4v) is 4.67. The first kappa shape index (κ1) is 17.1. The molecule has 5 rings (SSSR count). The fraction of sp³-hybridized carbons (Fsp3) is 0.364. The lowest BCUT2D eigenvalue weighted by molar-refractivity contribution is -0.142. The van der Waals surface area contributed by atoms with E-state index in [1.54, 1.807) is 23.4 Å². The number of carbonyl (C=O) groups is 2. The predicted molar refractivity (Wildman–Crippen MR) is 105 cm³/mol. The highest BCUT2D eigenvalue weighted by molar-refractivity contribution is 6.07. The molecule has 0 bridgehead atoms. The Hall–Kier alpha value is -3.02. The normalized spacial score (nSPS) is 21.0. The Kier molecular flexibility index (Phi) is 4.19. The summed E-state index contributed by atoms with van der Waals surface area (Å²) < 4.78 is 1.93. The first-order valence-electron chi connectivity index (χ1n) is 9.98. The topological polar surface area (TPSA) is 68.1 Å². The van der Waals surface area contributed by atoms with E-state index in [0.717, 1.165) is 42.3 Å². The third kappa shape index (κ3) is 2.71. The van der Waals surface area contributed by atoms with Crippen molar-refractivity contribution in [2.45, 2.75) is 50.5 Å². The standard InChI is InChI=1S/C22H22N4O2/c27-20-14-17(21(28)25(20)16-8-2-1-3-9-16)19-13-15-7-4-5-10-18(15)26(19)22-23-11-6-12-24-22/h4-7,10-13,16-17H,1-3,8-9,14H2/t17-/m1/s1. The molecule has 1 saturated carbocycles. The quantitative estimate of drug-likeness (QED) is 0.657. The lowest BCUT2D eigenvalue weighted by Crippen LogP contribution is -2.41. The molecule has 0 spiro atoms. The van der Waals surface area contributed by atoms with Crippen molar-refractivity contribution in [2.75, 3.05) is 0 Å². The molecule has 1 aliphatic carbocycles. The number of carbonyl (C=O) groups excluding carboxylic acids is 2. The predicted octanol–water partition coefficient (Wildman–Crippen LogP) is 3.60. The second-order valence-corrected chi connectivity index (χ2v) is 7.66. The number of aromatic nitrogens is 3. The molecule has 0 N–H and O–H groups in total. The van der Waals surface area contributed by atoms with Gasteiger partial charge in [0.05, 0.1) is 11.4 Å². The van der Waals surface area contributed by atoms with Crippen LogP contribution in [-0.4, -0.2) is 37.3 Å². The molecule has 1 aliphatic heterocycles. The van der Waals surface area contributed by atoms with Crippen LogP contribution in [0.25, 0.3) is 16.9 Å². The molecule has 3 heterocycles. The average Bonchev–Trinajstić information content (AvgIpc) is 3.26. The summed E-state index contributed by atoms with van der Waals surface area (Å²) in [6, 6.07) is 11.8. The molecule has 1 atom stereocenters. The van der Waals surface area contributed by atoms with Crippen LogP contribution < -0.4 is 0 Å². The monoisotopic (exact) mass is 374 g/mol. The van der Waals surface area contributed by atoms with Gasteiger partial charge in [-0.3, -0.25) is 19.1 Å². The maximum atomic E-state index is 13.3. The molecule has 2 aromatic heterocycles. The molecule has 1 saturated heterocycles. The van der Waals surface area contributed by atoms with Crippen molar-refractivity contribution in [1.82, 2.24) is 19.4 Å². The van der Waals surface area contributed by atoms with E-state index in [1.165, 1.54) is 6.42 Å². The molecule has 1 aromatic carbocycles. The van der Waals surface area contributed by atoms with Gasteiger partial charge in [-0.05, 0) is 31.0 Å². The minimum Gasteiger partial charge on any atom is -0.282 e. The van der Waals surface area contributed by atoms with Gasteiger partial charge >= 0.3 is 0 Å². The third-order valence-corrected chi connectivity index (χ3v) is 5.97. The van der Waals surface area contributed by atoms with Crippen molar-refractivity contribution >= 4 is 22.7 Å². The molecule has 2 fully saturated rings. The molecular weight excluding hydrogens is 352 g/mol. The smallest absolute Gasteiger partial charge is 0.239 e.